The molecule has 3 aliphatic rings. The van der Waals surface area contributed by atoms with E-state index in [4.69, 9.17) is 9.47 Å². The molecule has 0 bridgehead atoms. The molecule has 0 aromatic heterocycles. The largest absolute Gasteiger partial charge is 0.444 e. The van der Waals surface area contributed by atoms with Crippen molar-refractivity contribution < 1.29 is 24.0 Å². The number of nitro groups is 1. The highest BCUT2D eigenvalue weighted by Gasteiger charge is 2.35. The van der Waals surface area contributed by atoms with Gasteiger partial charge < -0.3 is 19.3 Å². The molecule has 3 aliphatic heterocycles. The standard InChI is InChI=1S/C24H26N4O6/c29-23(26-11-13-33-14-12-26)17-5-6-21(22(15-17)28(31)32)25-9-7-19(8-10-25)27-20-4-2-1-3-18(20)16-34-24(27)30/h1-6,15,19H,7-14,16H2. The summed E-state index contributed by atoms with van der Waals surface area (Å²) in [6, 6.07) is 12.3. The average molecular weight is 466 g/mol. The fourth-order valence-electron chi connectivity index (χ4n) is 4.91. The molecule has 34 heavy (non-hydrogen) atoms. The normalized spacial score (nSPS) is 18.9. The zero-order chi connectivity index (χ0) is 23.7. The maximum atomic E-state index is 12.8. The second kappa shape index (κ2) is 9.30. The fraction of sp³-hybridized carbons (Fsp3) is 0.417. The zero-order valence-electron chi connectivity index (χ0n) is 18.7. The third kappa shape index (κ3) is 4.16. The van der Waals surface area contributed by atoms with Crippen LogP contribution in [0.25, 0.3) is 0 Å². The van der Waals surface area contributed by atoms with Crippen LogP contribution < -0.4 is 9.80 Å². The molecule has 0 aliphatic carbocycles. The Hall–Kier alpha value is -3.66. The van der Waals surface area contributed by atoms with Gasteiger partial charge in [0.25, 0.3) is 11.6 Å². The summed E-state index contributed by atoms with van der Waals surface area (Å²) in [5, 5.41) is 11.9. The zero-order valence-corrected chi connectivity index (χ0v) is 18.7. The van der Waals surface area contributed by atoms with Gasteiger partial charge in [0.1, 0.15) is 12.3 Å². The molecule has 10 nitrogen and oxygen atoms in total. The number of hydrogen-bond acceptors (Lipinski definition) is 7. The lowest BCUT2D eigenvalue weighted by Gasteiger charge is -2.40. The highest BCUT2D eigenvalue weighted by molar-refractivity contribution is 5.96. The number of amides is 2. The maximum absolute atomic E-state index is 12.8. The van der Waals surface area contributed by atoms with Crippen LogP contribution in [0.5, 0.6) is 0 Å². The summed E-state index contributed by atoms with van der Waals surface area (Å²) in [5.41, 5.74) is 2.55. The summed E-state index contributed by atoms with van der Waals surface area (Å²) in [5.74, 6) is -0.223. The number of nitrogens with zero attached hydrogens (tertiary/aromatic N) is 4. The number of carbonyl (C=O) groups excluding carboxylic acids is 2. The van der Waals surface area contributed by atoms with Crippen molar-refractivity contribution in [3.8, 4) is 0 Å². The molecule has 0 atom stereocenters. The van der Waals surface area contributed by atoms with Crippen LogP contribution in [-0.4, -0.2) is 67.3 Å². The highest BCUT2D eigenvalue weighted by atomic mass is 16.6. The maximum Gasteiger partial charge on any atom is 0.414 e. The van der Waals surface area contributed by atoms with Gasteiger partial charge in [0.15, 0.2) is 0 Å². The molecular weight excluding hydrogens is 440 g/mol. The molecule has 0 spiro atoms. The van der Waals surface area contributed by atoms with Crippen molar-refractivity contribution in [3.05, 3.63) is 63.7 Å². The first-order valence-corrected chi connectivity index (χ1v) is 11.5. The van der Waals surface area contributed by atoms with E-state index in [0.29, 0.717) is 63.5 Å². The van der Waals surface area contributed by atoms with Crippen LogP contribution in [0.15, 0.2) is 42.5 Å². The molecular formula is C24H26N4O6. The molecule has 2 fully saturated rings. The molecule has 2 aromatic rings. The quantitative estimate of drug-likeness (QED) is 0.503. The summed E-state index contributed by atoms with van der Waals surface area (Å²) in [6.45, 7) is 3.26. The van der Waals surface area contributed by atoms with Gasteiger partial charge in [-0.2, -0.15) is 0 Å². The number of cyclic esters (lactones) is 1. The molecule has 0 N–H and O–H groups in total. The predicted molar refractivity (Wildman–Crippen MR) is 124 cm³/mol. The van der Waals surface area contributed by atoms with Crippen LogP contribution in [0.1, 0.15) is 28.8 Å². The van der Waals surface area contributed by atoms with E-state index in [1.807, 2.05) is 29.2 Å². The van der Waals surface area contributed by atoms with Crippen molar-refractivity contribution >= 4 is 29.1 Å². The molecule has 10 heteroatoms. The Morgan fingerprint density at radius 2 is 1.74 bits per heavy atom. The number of nitro benzene ring substituents is 1. The number of benzene rings is 2. The van der Waals surface area contributed by atoms with Crippen molar-refractivity contribution in [2.45, 2.75) is 25.5 Å². The number of carbonyl (C=O) groups is 2. The fourth-order valence-corrected chi connectivity index (χ4v) is 4.91. The van der Waals surface area contributed by atoms with Gasteiger partial charge in [-0.1, -0.05) is 18.2 Å². The van der Waals surface area contributed by atoms with E-state index >= 15 is 0 Å². The number of ether oxygens (including phenoxy) is 2. The lowest BCUT2D eigenvalue weighted by atomic mass is 9.99. The molecule has 2 amide bonds. The van der Waals surface area contributed by atoms with Crippen molar-refractivity contribution in [2.24, 2.45) is 0 Å². The summed E-state index contributed by atoms with van der Waals surface area (Å²) in [4.78, 5) is 42.1. The van der Waals surface area contributed by atoms with Crippen LogP contribution >= 0.6 is 0 Å². The van der Waals surface area contributed by atoms with E-state index in [2.05, 4.69) is 0 Å². The highest BCUT2D eigenvalue weighted by Crippen LogP contribution is 2.35. The number of morpholine rings is 1. The molecule has 178 valence electrons. The van der Waals surface area contributed by atoms with E-state index in [9.17, 15) is 19.7 Å². The summed E-state index contributed by atoms with van der Waals surface area (Å²) < 4.78 is 10.6. The molecule has 2 saturated heterocycles. The van der Waals surface area contributed by atoms with Crippen LogP contribution in [-0.2, 0) is 16.1 Å². The second-order valence-electron chi connectivity index (χ2n) is 8.64. The van der Waals surface area contributed by atoms with Gasteiger partial charge in [-0.3, -0.25) is 19.8 Å². The van der Waals surface area contributed by atoms with E-state index < -0.39 is 4.92 Å². The monoisotopic (exact) mass is 466 g/mol. The Kier molecular flexibility index (Phi) is 6.06. The van der Waals surface area contributed by atoms with Gasteiger partial charge in [0, 0.05) is 49.4 Å². The Bertz CT molecular complexity index is 1110. The third-order valence-electron chi connectivity index (χ3n) is 6.69. The van der Waals surface area contributed by atoms with Gasteiger partial charge in [0.2, 0.25) is 0 Å². The Labute approximate surface area is 196 Å². The summed E-state index contributed by atoms with van der Waals surface area (Å²) >= 11 is 0. The predicted octanol–water partition coefficient (Wildman–Crippen LogP) is 3.19. The van der Waals surface area contributed by atoms with Gasteiger partial charge in [-0.15, -0.1) is 0 Å². The number of piperidine rings is 1. The Morgan fingerprint density at radius 1 is 1.00 bits per heavy atom. The van der Waals surface area contributed by atoms with Crippen molar-refractivity contribution in [1.82, 2.24) is 4.90 Å². The van der Waals surface area contributed by atoms with Crippen molar-refractivity contribution in [2.75, 3.05) is 49.2 Å². The van der Waals surface area contributed by atoms with Crippen molar-refractivity contribution in [1.29, 1.82) is 0 Å². The third-order valence-corrected chi connectivity index (χ3v) is 6.69. The number of fused-ring (bicyclic) bond motifs is 1. The molecule has 5 rings (SSSR count). The SMILES string of the molecule is O=C(c1ccc(N2CCC(N3C(=O)OCc4ccccc43)CC2)c([N+](=O)[O-])c1)N1CCOCC1. The minimum Gasteiger partial charge on any atom is -0.444 e. The van der Waals surface area contributed by atoms with Crippen LogP contribution in [0.4, 0.5) is 21.9 Å². The summed E-state index contributed by atoms with van der Waals surface area (Å²) in [6.07, 6.45) is 0.943. The first kappa shape index (κ1) is 22.1. The van der Waals surface area contributed by atoms with Gasteiger partial charge >= 0.3 is 6.09 Å². The topological polar surface area (TPSA) is 105 Å². The molecule has 2 aromatic carbocycles. The number of hydrogen-bond donors (Lipinski definition) is 0. The Balaban J connectivity index is 1.32. The molecule has 0 radical (unpaired) electrons. The van der Waals surface area contributed by atoms with Gasteiger partial charge in [-0.25, -0.2) is 4.79 Å². The molecule has 0 unspecified atom stereocenters. The van der Waals surface area contributed by atoms with Crippen LogP contribution in [0.3, 0.4) is 0 Å². The van der Waals surface area contributed by atoms with E-state index in [1.165, 1.54) is 6.07 Å². The van der Waals surface area contributed by atoms with E-state index in [-0.39, 0.29) is 30.3 Å². The van der Waals surface area contributed by atoms with E-state index in [1.54, 1.807) is 21.9 Å². The minimum absolute atomic E-state index is 0.0496. The van der Waals surface area contributed by atoms with Crippen molar-refractivity contribution in [3.63, 3.8) is 0 Å². The number of para-hydroxylation sites is 1. The van der Waals surface area contributed by atoms with Gasteiger partial charge in [-0.05, 0) is 31.0 Å². The first-order valence-electron chi connectivity index (χ1n) is 11.5. The lowest BCUT2D eigenvalue weighted by Crippen LogP contribution is -2.49. The number of rotatable bonds is 4. The Morgan fingerprint density at radius 3 is 2.47 bits per heavy atom. The smallest absolute Gasteiger partial charge is 0.414 e. The minimum atomic E-state index is -0.435. The van der Waals surface area contributed by atoms with Crippen LogP contribution in [0, 0.1) is 10.1 Å². The molecule has 0 saturated carbocycles. The summed E-state index contributed by atoms with van der Waals surface area (Å²) in [7, 11) is 0. The second-order valence-corrected chi connectivity index (χ2v) is 8.64. The first-order chi connectivity index (χ1) is 16.5. The number of anilines is 2. The average Bonchev–Trinajstić information content (AvgIpc) is 2.88. The van der Waals surface area contributed by atoms with Crippen LogP contribution in [0.2, 0.25) is 0 Å². The van der Waals surface area contributed by atoms with E-state index in [0.717, 1.165) is 11.3 Å². The molecule has 3 heterocycles. The lowest BCUT2D eigenvalue weighted by molar-refractivity contribution is -0.384. The van der Waals surface area contributed by atoms with Gasteiger partial charge in [0.05, 0.1) is 23.8 Å².